The molecule has 0 bridgehead atoms. The normalized spacial score (nSPS) is 16.4. The van der Waals surface area contributed by atoms with Crippen molar-refractivity contribution in [2.24, 2.45) is 0 Å². The molecule has 0 aromatic rings. The van der Waals surface area contributed by atoms with Gasteiger partial charge in [-0.05, 0) is 0 Å². The van der Waals surface area contributed by atoms with Gasteiger partial charge in [0, 0.05) is 0 Å². The molecule has 0 fully saturated rings. The zero-order valence-electron chi connectivity index (χ0n) is 16.8. The van der Waals surface area contributed by atoms with E-state index in [2.05, 4.69) is 44.0 Å². The van der Waals surface area contributed by atoms with Gasteiger partial charge in [0.05, 0.1) is 0 Å². The Balaban J connectivity index is 5.51. The van der Waals surface area contributed by atoms with Gasteiger partial charge >= 0.3 is 141 Å². The molecule has 3 nitrogen and oxygen atoms in total. The Labute approximate surface area is 141 Å². The average molecular weight is 368 g/mol. The second-order valence-electron chi connectivity index (χ2n) is 9.87. The van der Waals surface area contributed by atoms with Crippen molar-refractivity contribution in [2.45, 2.75) is 90.4 Å². The van der Waals surface area contributed by atoms with Crippen molar-refractivity contribution in [1.29, 1.82) is 0 Å². The molecule has 0 aliphatic heterocycles. The number of hydrogen-bond acceptors (Lipinski definition) is 3. The molecule has 0 atom stereocenters. The molecule has 0 unspecified atom stereocenters. The topological polar surface area (TPSA) is 43.7 Å². The van der Waals surface area contributed by atoms with Gasteiger partial charge in [0.15, 0.2) is 0 Å². The van der Waals surface area contributed by atoms with Crippen LogP contribution in [-0.4, -0.2) is 55.0 Å². The van der Waals surface area contributed by atoms with Crippen LogP contribution >= 0.6 is 7.21 Å². The predicted octanol–water partition coefficient (Wildman–Crippen LogP) is 5.06. The third kappa shape index (κ3) is 5.99. The Morgan fingerprint density at radius 2 is 1.00 bits per heavy atom. The van der Waals surface area contributed by atoms with Crippen molar-refractivity contribution in [3.63, 3.8) is 0 Å². The van der Waals surface area contributed by atoms with Crippen molar-refractivity contribution in [3.05, 3.63) is 0 Å². The molecular formula is C16H42NO2PSi2. The van der Waals surface area contributed by atoms with Crippen LogP contribution in [0, 0.1) is 0 Å². The molecule has 0 aliphatic rings. The van der Waals surface area contributed by atoms with Gasteiger partial charge in [0.1, 0.15) is 0 Å². The molecule has 22 heavy (non-hydrogen) atoms. The fraction of sp³-hybridized carbons (Fsp3) is 1.00. The summed E-state index contributed by atoms with van der Waals surface area (Å²) in [5.74, 6) is 0. The first-order chi connectivity index (χ1) is 9.50. The summed E-state index contributed by atoms with van der Waals surface area (Å²) in [6.45, 7) is 23.7. The zero-order valence-corrected chi connectivity index (χ0v) is 19.7. The molecule has 0 radical (unpaired) electrons. The van der Waals surface area contributed by atoms with Crippen molar-refractivity contribution in [3.8, 4) is 0 Å². The van der Waals surface area contributed by atoms with E-state index in [0.717, 1.165) is 25.2 Å². The van der Waals surface area contributed by atoms with Crippen LogP contribution in [0.1, 0.15) is 27.7 Å². The molecule has 0 aliphatic carbocycles. The van der Waals surface area contributed by atoms with E-state index in [9.17, 15) is 9.79 Å². The van der Waals surface area contributed by atoms with E-state index in [1.165, 1.54) is 0 Å². The van der Waals surface area contributed by atoms with Gasteiger partial charge in [-0.15, -0.1) is 0 Å². The van der Waals surface area contributed by atoms with E-state index in [4.69, 9.17) is 0 Å². The van der Waals surface area contributed by atoms with E-state index in [1.807, 2.05) is 27.7 Å². The Morgan fingerprint density at radius 3 is 1.18 bits per heavy atom. The van der Waals surface area contributed by atoms with Crippen molar-refractivity contribution >= 4 is 23.4 Å². The maximum absolute atomic E-state index is 11.5. The van der Waals surface area contributed by atoms with Crippen LogP contribution in [-0.2, 0) is 0 Å². The van der Waals surface area contributed by atoms with Gasteiger partial charge in [-0.1, -0.05) is 0 Å². The fourth-order valence-electron chi connectivity index (χ4n) is 2.70. The summed E-state index contributed by atoms with van der Waals surface area (Å²) in [6.07, 6.45) is 0. The second-order valence-corrected chi connectivity index (χ2v) is 26.0. The summed E-state index contributed by atoms with van der Waals surface area (Å²) in [7, 11) is -6.26. The van der Waals surface area contributed by atoms with Gasteiger partial charge in [0.25, 0.3) is 0 Å². The molecular weight excluding hydrogens is 325 g/mol. The van der Waals surface area contributed by atoms with Gasteiger partial charge in [-0.2, -0.15) is 0 Å². The van der Waals surface area contributed by atoms with Crippen molar-refractivity contribution in [1.82, 2.24) is 4.67 Å². The van der Waals surface area contributed by atoms with Crippen molar-refractivity contribution < 1.29 is 9.79 Å². The summed E-state index contributed by atoms with van der Waals surface area (Å²) in [5, 5.41) is 0. The van der Waals surface area contributed by atoms with Crippen LogP contribution in [0.5, 0.6) is 0 Å². The van der Waals surface area contributed by atoms with Crippen LogP contribution in [0.15, 0.2) is 0 Å². The van der Waals surface area contributed by atoms with Crippen LogP contribution in [0.25, 0.3) is 0 Å². The third-order valence-corrected chi connectivity index (χ3v) is 13.8. The Bertz CT molecular complexity index is 330. The fourth-order valence-corrected chi connectivity index (χ4v) is 8.48. The molecule has 0 aromatic heterocycles. The van der Waals surface area contributed by atoms with Crippen LogP contribution < -0.4 is 0 Å². The Hall–Kier alpha value is 0.744. The molecule has 0 rings (SSSR count). The first-order valence-electron chi connectivity index (χ1n) is 8.77. The predicted molar refractivity (Wildman–Crippen MR) is 110 cm³/mol. The maximum atomic E-state index is 11.5. The summed E-state index contributed by atoms with van der Waals surface area (Å²) in [4.78, 5) is 23.1. The number of rotatable bonds is 9. The summed E-state index contributed by atoms with van der Waals surface area (Å²) < 4.78 is 2.12. The van der Waals surface area contributed by atoms with E-state index in [-0.39, 0.29) is 11.3 Å². The van der Waals surface area contributed by atoms with Gasteiger partial charge in [0.2, 0.25) is 0 Å². The minimum atomic E-state index is -3.85. The Morgan fingerprint density at radius 1 is 0.727 bits per heavy atom. The monoisotopic (exact) mass is 367 g/mol. The first kappa shape index (κ1) is 22.7. The molecule has 0 saturated heterocycles. The number of nitrogens with zero attached hydrogens (tertiary/aromatic N) is 1. The van der Waals surface area contributed by atoms with Crippen LogP contribution in [0.4, 0.5) is 0 Å². The van der Waals surface area contributed by atoms with Crippen LogP contribution in [0.3, 0.4) is 0 Å². The van der Waals surface area contributed by atoms with E-state index < -0.39 is 23.4 Å². The summed E-state index contributed by atoms with van der Waals surface area (Å²) in [6, 6.07) is 2.24. The summed E-state index contributed by atoms with van der Waals surface area (Å²) in [5.41, 5.74) is -0.205. The van der Waals surface area contributed by atoms with Crippen LogP contribution in [0.2, 0.25) is 51.4 Å². The number of hydrogen-bond donors (Lipinski definition) is 2. The standard InChI is InChI=1S/C16H42NO2PSi2/c1-15(2)20(18,19,16(3)4)17(11-13-21(5,6)7)12-14-22(8,9)10/h15-16,18-19H,11-14H2,1-10H3. The second kappa shape index (κ2) is 7.32. The molecule has 136 valence electrons. The van der Waals surface area contributed by atoms with E-state index in [1.54, 1.807) is 0 Å². The zero-order chi connectivity index (χ0) is 18.0. The molecule has 0 heterocycles. The minimum absolute atomic E-state index is 0.103. The summed E-state index contributed by atoms with van der Waals surface area (Å²) >= 11 is 0. The molecule has 6 heteroatoms. The van der Waals surface area contributed by atoms with Gasteiger partial charge < -0.3 is 0 Å². The molecule has 0 spiro atoms. The van der Waals surface area contributed by atoms with E-state index >= 15 is 0 Å². The van der Waals surface area contributed by atoms with Gasteiger partial charge in [-0.3, -0.25) is 0 Å². The average Bonchev–Trinajstić information content (AvgIpc) is 2.25. The molecule has 2 N–H and O–H groups in total. The quantitative estimate of drug-likeness (QED) is 0.442. The van der Waals surface area contributed by atoms with Crippen molar-refractivity contribution in [2.75, 3.05) is 13.1 Å². The SMILES string of the molecule is CC(C)P(O)(O)(C(C)C)N(CC[Si](C)(C)C)CC[Si](C)(C)C. The molecule has 0 amide bonds. The Kier molecular flexibility index (Phi) is 7.57. The molecule has 0 aromatic carbocycles. The third-order valence-electron chi connectivity index (χ3n) is 4.80. The first-order valence-corrected chi connectivity index (χ1v) is 18.4. The molecule has 0 saturated carbocycles. The van der Waals surface area contributed by atoms with E-state index in [0.29, 0.717) is 0 Å². The van der Waals surface area contributed by atoms with Gasteiger partial charge in [-0.25, -0.2) is 0 Å².